The monoisotopic (exact) mass is 375 g/mol. The van der Waals surface area contributed by atoms with Gasteiger partial charge in [-0.05, 0) is 38.4 Å². The third-order valence-electron chi connectivity index (χ3n) is 4.88. The van der Waals surface area contributed by atoms with Gasteiger partial charge in [-0.2, -0.15) is 0 Å². The number of hydrogen-bond acceptors (Lipinski definition) is 4. The maximum Gasteiger partial charge on any atom is 0.254 e. The van der Waals surface area contributed by atoms with Gasteiger partial charge in [0.1, 0.15) is 0 Å². The van der Waals surface area contributed by atoms with E-state index in [1.807, 2.05) is 36.1 Å². The Morgan fingerprint density at radius 3 is 2.73 bits per heavy atom. The number of ether oxygens (including phenoxy) is 1. The first-order valence-electron chi connectivity index (χ1n) is 9.16. The number of aryl methyl sites for hydroxylation is 1. The van der Waals surface area contributed by atoms with Gasteiger partial charge in [-0.1, -0.05) is 23.7 Å². The molecule has 1 amide bonds. The molecule has 1 aromatic heterocycles. The minimum atomic E-state index is 0.0711. The summed E-state index contributed by atoms with van der Waals surface area (Å²) in [6, 6.07) is 7.48. The topological polar surface area (TPSA) is 45.7 Å². The zero-order valence-corrected chi connectivity index (χ0v) is 16.3. The molecule has 1 fully saturated rings. The predicted octanol–water partition coefficient (Wildman–Crippen LogP) is 3.38. The first kappa shape index (κ1) is 19.1. The number of hydrogen-bond donors (Lipinski definition) is 0. The summed E-state index contributed by atoms with van der Waals surface area (Å²) in [5.41, 5.74) is 2.21. The van der Waals surface area contributed by atoms with E-state index in [0.717, 1.165) is 63.3 Å². The van der Waals surface area contributed by atoms with Crippen LogP contribution in [0.15, 0.2) is 24.3 Å². The standard InChI is InChI=1S/C20H26ClN3O2/c1-15-14-17(16-6-5-7-18(21)19(16)22-15)20(25)24-11-9-23(10-12-24)8-3-4-13-26-2/h5-7,14H,3-4,8-13H2,1-2H3. The molecule has 0 saturated carbocycles. The number of carbonyl (C=O) groups excluding carboxylic acids is 1. The van der Waals surface area contributed by atoms with Gasteiger partial charge < -0.3 is 9.64 Å². The number of carbonyl (C=O) groups is 1. The molecule has 0 aliphatic carbocycles. The van der Waals surface area contributed by atoms with Crippen LogP contribution in [0.4, 0.5) is 0 Å². The second kappa shape index (κ2) is 8.80. The number of benzene rings is 1. The Bertz CT molecular complexity index is 773. The molecule has 0 bridgehead atoms. The fraction of sp³-hybridized carbons (Fsp3) is 0.500. The van der Waals surface area contributed by atoms with E-state index in [1.165, 1.54) is 0 Å². The molecule has 0 atom stereocenters. The maximum atomic E-state index is 13.1. The van der Waals surface area contributed by atoms with Crippen molar-refractivity contribution in [1.29, 1.82) is 0 Å². The van der Waals surface area contributed by atoms with Gasteiger partial charge in [0.15, 0.2) is 0 Å². The SMILES string of the molecule is COCCCCN1CCN(C(=O)c2cc(C)nc3c(Cl)cccc23)CC1. The van der Waals surface area contributed by atoms with E-state index in [9.17, 15) is 4.79 Å². The minimum absolute atomic E-state index is 0.0711. The molecule has 0 spiro atoms. The molecule has 1 aliphatic heterocycles. The van der Waals surface area contributed by atoms with Crippen molar-refractivity contribution < 1.29 is 9.53 Å². The second-order valence-corrected chi connectivity index (χ2v) is 7.19. The van der Waals surface area contributed by atoms with Crippen LogP contribution in [0.5, 0.6) is 0 Å². The molecule has 1 saturated heterocycles. The van der Waals surface area contributed by atoms with Crippen molar-refractivity contribution in [2.45, 2.75) is 19.8 Å². The number of nitrogens with zero attached hydrogens (tertiary/aromatic N) is 3. The van der Waals surface area contributed by atoms with Gasteiger partial charge >= 0.3 is 0 Å². The summed E-state index contributed by atoms with van der Waals surface area (Å²) < 4.78 is 5.10. The van der Waals surface area contributed by atoms with Crippen LogP contribution in [0.1, 0.15) is 28.9 Å². The molecule has 0 N–H and O–H groups in total. The first-order chi connectivity index (χ1) is 12.6. The predicted molar refractivity (Wildman–Crippen MR) is 105 cm³/mol. The molecule has 3 rings (SSSR count). The smallest absolute Gasteiger partial charge is 0.254 e. The van der Waals surface area contributed by atoms with Gasteiger partial charge in [0, 0.05) is 51.0 Å². The van der Waals surface area contributed by atoms with Crippen molar-refractivity contribution in [3.05, 3.63) is 40.5 Å². The van der Waals surface area contributed by atoms with E-state index < -0.39 is 0 Å². The van der Waals surface area contributed by atoms with E-state index in [1.54, 1.807) is 7.11 Å². The van der Waals surface area contributed by atoms with Crippen LogP contribution in [-0.4, -0.2) is 67.1 Å². The summed E-state index contributed by atoms with van der Waals surface area (Å²) in [4.78, 5) is 22.0. The minimum Gasteiger partial charge on any atom is -0.385 e. The quantitative estimate of drug-likeness (QED) is 0.726. The van der Waals surface area contributed by atoms with Gasteiger partial charge in [-0.25, -0.2) is 0 Å². The van der Waals surface area contributed by atoms with Crippen LogP contribution in [0.3, 0.4) is 0 Å². The van der Waals surface area contributed by atoms with Gasteiger partial charge in [-0.15, -0.1) is 0 Å². The zero-order chi connectivity index (χ0) is 18.5. The van der Waals surface area contributed by atoms with Crippen LogP contribution >= 0.6 is 11.6 Å². The van der Waals surface area contributed by atoms with Crippen LogP contribution in [0.25, 0.3) is 10.9 Å². The van der Waals surface area contributed by atoms with Crippen molar-refractivity contribution in [3.63, 3.8) is 0 Å². The largest absolute Gasteiger partial charge is 0.385 e. The molecular formula is C20H26ClN3O2. The second-order valence-electron chi connectivity index (χ2n) is 6.78. The van der Waals surface area contributed by atoms with E-state index in [2.05, 4.69) is 9.88 Å². The summed E-state index contributed by atoms with van der Waals surface area (Å²) in [5.74, 6) is 0.0711. The number of halogens is 1. The Kier molecular flexibility index (Phi) is 6.46. The molecule has 0 unspecified atom stereocenters. The highest BCUT2D eigenvalue weighted by molar-refractivity contribution is 6.35. The third-order valence-corrected chi connectivity index (χ3v) is 5.19. The van der Waals surface area contributed by atoms with Crippen LogP contribution in [0, 0.1) is 6.92 Å². The molecule has 2 heterocycles. The number of rotatable bonds is 6. The van der Waals surface area contributed by atoms with Crippen LogP contribution < -0.4 is 0 Å². The van der Waals surface area contributed by atoms with E-state index >= 15 is 0 Å². The zero-order valence-electron chi connectivity index (χ0n) is 15.5. The van der Waals surface area contributed by atoms with Crippen LogP contribution in [-0.2, 0) is 4.74 Å². The highest BCUT2D eigenvalue weighted by Gasteiger charge is 2.24. The van der Waals surface area contributed by atoms with Crippen molar-refractivity contribution in [3.8, 4) is 0 Å². The number of pyridine rings is 1. The molecule has 140 valence electrons. The van der Waals surface area contributed by atoms with E-state index in [4.69, 9.17) is 16.3 Å². The molecule has 0 radical (unpaired) electrons. The molecule has 6 heteroatoms. The summed E-state index contributed by atoms with van der Waals surface area (Å²) in [6.45, 7) is 7.13. The number of para-hydroxylation sites is 1. The van der Waals surface area contributed by atoms with Gasteiger partial charge in [0.2, 0.25) is 0 Å². The van der Waals surface area contributed by atoms with Crippen molar-refractivity contribution in [2.75, 3.05) is 46.4 Å². The molecular weight excluding hydrogens is 350 g/mol. The lowest BCUT2D eigenvalue weighted by Crippen LogP contribution is -2.48. The van der Waals surface area contributed by atoms with E-state index in [0.29, 0.717) is 16.1 Å². The van der Waals surface area contributed by atoms with Crippen molar-refractivity contribution in [1.82, 2.24) is 14.8 Å². The molecule has 26 heavy (non-hydrogen) atoms. The number of amides is 1. The first-order valence-corrected chi connectivity index (χ1v) is 9.54. The maximum absolute atomic E-state index is 13.1. The average Bonchev–Trinajstić information content (AvgIpc) is 2.65. The fourth-order valence-electron chi connectivity index (χ4n) is 3.45. The highest BCUT2D eigenvalue weighted by Crippen LogP contribution is 2.26. The third kappa shape index (κ3) is 4.34. The Labute approximate surface area is 159 Å². The lowest BCUT2D eigenvalue weighted by molar-refractivity contribution is 0.0634. The molecule has 1 aromatic carbocycles. The highest BCUT2D eigenvalue weighted by atomic mass is 35.5. The lowest BCUT2D eigenvalue weighted by atomic mass is 10.1. The number of methoxy groups -OCH3 is 1. The Balaban J connectivity index is 1.68. The van der Waals surface area contributed by atoms with E-state index in [-0.39, 0.29) is 5.91 Å². The average molecular weight is 376 g/mol. The molecule has 5 nitrogen and oxygen atoms in total. The van der Waals surface area contributed by atoms with Gasteiger partial charge in [0.25, 0.3) is 5.91 Å². The Morgan fingerprint density at radius 2 is 2.00 bits per heavy atom. The lowest BCUT2D eigenvalue weighted by Gasteiger charge is -2.35. The Hall–Kier alpha value is -1.69. The van der Waals surface area contributed by atoms with Crippen LogP contribution in [0.2, 0.25) is 5.02 Å². The Morgan fingerprint density at radius 1 is 1.23 bits per heavy atom. The number of aromatic nitrogens is 1. The van der Waals surface area contributed by atoms with Crippen molar-refractivity contribution in [2.24, 2.45) is 0 Å². The molecule has 2 aromatic rings. The summed E-state index contributed by atoms with van der Waals surface area (Å²) in [5, 5.41) is 1.41. The fourth-order valence-corrected chi connectivity index (χ4v) is 3.66. The normalized spacial score (nSPS) is 15.6. The molecule has 1 aliphatic rings. The summed E-state index contributed by atoms with van der Waals surface area (Å²) >= 11 is 6.28. The summed E-state index contributed by atoms with van der Waals surface area (Å²) in [7, 11) is 1.74. The van der Waals surface area contributed by atoms with Gasteiger partial charge in [0.05, 0.1) is 16.1 Å². The summed E-state index contributed by atoms with van der Waals surface area (Å²) in [6.07, 6.45) is 2.22. The van der Waals surface area contributed by atoms with Gasteiger partial charge in [-0.3, -0.25) is 14.7 Å². The number of unbranched alkanes of at least 4 members (excludes halogenated alkanes) is 1. The number of fused-ring (bicyclic) bond motifs is 1. The van der Waals surface area contributed by atoms with Crippen molar-refractivity contribution >= 4 is 28.4 Å². The number of piperazine rings is 1.